The average Bonchev–Trinajstić information content (AvgIpc) is 3.29. The molecule has 1 aliphatic rings. The van der Waals surface area contributed by atoms with Crippen LogP contribution in [0.25, 0.3) is 5.69 Å². The van der Waals surface area contributed by atoms with E-state index in [1.807, 2.05) is 39.0 Å². The van der Waals surface area contributed by atoms with Crippen molar-refractivity contribution in [2.45, 2.75) is 36.1 Å². The Kier molecular flexibility index (Phi) is 6.82. The molecule has 1 amide bonds. The lowest BCUT2D eigenvalue weighted by molar-refractivity contribution is -0.131. The number of aromatic nitrogens is 4. The molecule has 1 aliphatic heterocycles. The predicted molar refractivity (Wildman–Crippen MR) is 126 cm³/mol. The third-order valence-electron chi connectivity index (χ3n) is 5.74. The number of thioether (sulfide) groups is 1. The molecular formula is C22H26N6O3S2. The molecule has 3 aromatic rings. The molecule has 1 unspecified atom stereocenters. The number of hydrogen-bond donors (Lipinski definition) is 0. The Bertz CT molecular complexity index is 1240. The minimum Gasteiger partial charge on any atom is -0.339 e. The molecule has 2 heterocycles. The van der Waals surface area contributed by atoms with Gasteiger partial charge in [-0.25, -0.2) is 8.42 Å². The van der Waals surface area contributed by atoms with E-state index in [9.17, 15) is 13.2 Å². The maximum Gasteiger partial charge on any atom is 0.243 e. The molecule has 0 N–H and O–H groups in total. The Morgan fingerprint density at radius 1 is 1.00 bits per heavy atom. The highest BCUT2D eigenvalue weighted by molar-refractivity contribution is 8.00. The van der Waals surface area contributed by atoms with Crippen LogP contribution in [-0.4, -0.2) is 75.2 Å². The molecule has 0 aliphatic carbocycles. The van der Waals surface area contributed by atoms with E-state index in [0.29, 0.717) is 18.2 Å². The number of tetrazole rings is 1. The average molecular weight is 487 g/mol. The summed E-state index contributed by atoms with van der Waals surface area (Å²) in [6, 6.07) is 14.3. The van der Waals surface area contributed by atoms with E-state index in [2.05, 4.69) is 15.5 Å². The van der Waals surface area contributed by atoms with Gasteiger partial charge in [-0.15, -0.1) is 5.10 Å². The molecule has 0 radical (unpaired) electrons. The molecule has 9 nitrogen and oxygen atoms in total. The standard InChI is InChI=1S/C22H26N6O3S2/c1-16-9-10-19(15-17(16)2)28-22(23-24-25-28)32-18(3)21(29)26-11-13-27(14-12-26)33(30,31)20-7-5-4-6-8-20/h4-10,15,18H,11-14H2,1-3H3. The first-order valence-electron chi connectivity index (χ1n) is 10.6. The Labute approximate surface area is 197 Å². The van der Waals surface area contributed by atoms with Crippen LogP contribution in [0.3, 0.4) is 0 Å². The molecule has 1 saturated heterocycles. The van der Waals surface area contributed by atoms with Crippen LogP contribution in [0.4, 0.5) is 0 Å². The summed E-state index contributed by atoms with van der Waals surface area (Å²) < 4.78 is 28.7. The minimum atomic E-state index is -3.56. The van der Waals surface area contributed by atoms with Crippen LogP contribution in [0.15, 0.2) is 58.6 Å². The van der Waals surface area contributed by atoms with E-state index in [4.69, 9.17) is 0 Å². The maximum atomic E-state index is 13.1. The number of sulfonamides is 1. The first-order chi connectivity index (χ1) is 15.8. The highest BCUT2D eigenvalue weighted by atomic mass is 32.2. The van der Waals surface area contributed by atoms with Gasteiger partial charge in [0.25, 0.3) is 0 Å². The maximum absolute atomic E-state index is 13.1. The topological polar surface area (TPSA) is 101 Å². The Hall–Kier alpha value is -2.76. The monoisotopic (exact) mass is 486 g/mol. The molecule has 0 saturated carbocycles. The van der Waals surface area contributed by atoms with E-state index < -0.39 is 15.3 Å². The van der Waals surface area contributed by atoms with Crippen molar-refractivity contribution in [1.29, 1.82) is 0 Å². The second-order valence-corrected chi connectivity index (χ2v) is 11.2. The second kappa shape index (κ2) is 9.62. The van der Waals surface area contributed by atoms with Crippen molar-refractivity contribution in [2.75, 3.05) is 26.2 Å². The van der Waals surface area contributed by atoms with Crippen LogP contribution >= 0.6 is 11.8 Å². The van der Waals surface area contributed by atoms with Gasteiger partial charge in [0, 0.05) is 26.2 Å². The van der Waals surface area contributed by atoms with Crippen LogP contribution in [0, 0.1) is 13.8 Å². The fourth-order valence-corrected chi connectivity index (χ4v) is 5.96. The molecule has 0 spiro atoms. The quantitative estimate of drug-likeness (QED) is 0.493. The highest BCUT2D eigenvalue weighted by Crippen LogP contribution is 2.26. The van der Waals surface area contributed by atoms with Crippen molar-refractivity contribution in [3.8, 4) is 5.69 Å². The minimum absolute atomic E-state index is 0.0635. The van der Waals surface area contributed by atoms with Gasteiger partial charge in [0.05, 0.1) is 15.8 Å². The Morgan fingerprint density at radius 2 is 1.70 bits per heavy atom. The van der Waals surface area contributed by atoms with Gasteiger partial charge < -0.3 is 4.90 Å². The van der Waals surface area contributed by atoms with E-state index in [0.717, 1.165) is 11.3 Å². The summed E-state index contributed by atoms with van der Waals surface area (Å²) in [6.07, 6.45) is 0. The van der Waals surface area contributed by atoms with Crippen molar-refractivity contribution < 1.29 is 13.2 Å². The lowest BCUT2D eigenvalue weighted by Gasteiger charge is -2.35. The fraction of sp³-hybridized carbons (Fsp3) is 0.364. The summed E-state index contributed by atoms with van der Waals surface area (Å²) in [5.74, 6) is -0.0635. The van der Waals surface area contributed by atoms with Crippen molar-refractivity contribution in [1.82, 2.24) is 29.4 Å². The molecule has 11 heteroatoms. The summed E-state index contributed by atoms with van der Waals surface area (Å²) in [5.41, 5.74) is 3.15. The van der Waals surface area contributed by atoms with Gasteiger partial charge >= 0.3 is 0 Å². The summed E-state index contributed by atoms with van der Waals surface area (Å²) in [6.45, 7) is 7.11. The molecular weight excluding hydrogens is 460 g/mol. The van der Waals surface area contributed by atoms with Gasteiger partial charge in [0.15, 0.2) is 0 Å². The van der Waals surface area contributed by atoms with Gasteiger partial charge in [-0.05, 0) is 66.6 Å². The number of rotatable bonds is 6. The van der Waals surface area contributed by atoms with Crippen LogP contribution in [0.2, 0.25) is 0 Å². The SMILES string of the molecule is Cc1ccc(-n2nnnc2SC(C)C(=O)N2CCN(S(=O)(=O)c3ccccc3)CC2)cc1C. The second-order valence-electron chi connectivity index (χ2n) is 7.94. The smallest absolute Gasteiger partial charge is 0.243 e. The summed E-state index contributed by atoms with van der Waals surface area (Å²) in [5, 5.41) is 12.1. The zero-order valence-corrected chi connectivity index (χ0v) is 20.4. The lowest BCUT2D eigenvalue weighted by Crippen LogP contribution is -2.52. The summed E-state index contributed by atoms with van der Waals surface area (Å²) in [4.78, 5) is 15.0. The van der Waals surface area contributed by atoms with Gasteiger partial charge in [-0.1, -0.05) is 36.0 Å². The molecule has 33 heavy (non-hydrogen) atoms. The number of carbonyl (C=O) groups is 1. The number of nitrogens with zero attached hydrogens (tertiary/aromatic N) is 6. The fourth-order valence-electron chi connectivity index (χ4n) is 3.63. The molecule has 1 fully saturated rings. The van der Waals surface area contributed by atoms with Gasteiger partial charge in [-0.3, -0.25) is 4.79 Å². The Balaban J connectivity index is 1.39. The first kappa shape index (κ1) is 23.4. The number of piperazine rings is 1. The zero-order valence-electron chi connectivity index (χ0n) is 18.7. The molecule has 2 aromatic carbocycles. The molecule has 0 bridgehead atoms. The van der Waals surface area contributed by atoms with Crippen molar-refractivity contribution in [3.05, 3.63) is 59.7 Å². The normalized spacial score (nSPS) is 16.0. The van der Waals surface area contributed by atoms with Crippen LogP contribution in [-0.2, 0) is 14.8 Å². The van der Waals surface area contributed by atoms with E-state index in [1.165, 1.54) is 21.6 Å². The molecule has 1 aromatic heterocycles. The number of carbonyl (C=O) groups excluding carboxylic acids is 1. The number of hydrogen-bond acceptors (Lipinski definition) is 7. The first-order valence-corrected chi connectivity index (χ1v) is 13.0. The largest absolute Gasteiger partial charge is 0.339 e. The van der Waals surface area contributed by atoms with E-state index in [1.54, 1.807) is 39.9 Å². The molecule has 4 rings (SSSR count). The van der Waals surface area contributed by atoms with Gasteiger partial charge in [-0.2, -0.15) is 8.99 Å². The van der Waals surface area contributed by atoms with Gasteiger partial charge in [0.2, 0.25) is 21.1 Å². The van der Waals surface area contributed by atoms with E-state index in [-0.39, 0.29) is 23.9 Å². The van der Waals surface area contributed by atoms with E-state index >= 15 is 0 Å². The van der Waals surface area contributed by atoms with Crippen molar-refractivity contribution >= 4 is 27.7 Å². The van der Waals surface area contributed by atoms with Crippen LogP contribution in [0.5, 0.6) is 0 Å². The molecule has 174 valence electrons. The summed E-state index contributed by atoms with van der Waals surface area (Å²) >= 11 is 1.29. The summed E-state index contributed by atoms with van der Waals surface area (Å²) in [7, 11) is -3.56. The molecule has 1 atom stereocenters. The number of benzene rings is 2. The lowest BCUT2D eigenvalue weighted by atomic mass is 10.1. The zero-order chi connectivity index (χ0) is 23.6. The van der Waals surface area contributed by atoms with Gasteiger partial charge in [0.1, 0.15) is 0 Å². The number of amides is 1. The Morgan fingerprint density at radius 3 is 2.36 bits per heavy atom. The predicted octanol–water partition coefficient (Wildman–Crippen LogP) is 2.29. The third-order valence-corrected chi connectivity index (χ3v) is 8.67. The van der Waals surface area contributed by atoms with Crippen molar-refractivity contribution in [3.63, 3.8) is 0 Å². The highest BCUT2D eigenvalue weighted by Gasteiger charge is 2.32. The number of aryl methyl sites for hydroxylation is 2. The third kappa shape index (κ3) is 4.94. The van der Waals surface area contributed by atoms with Crippen molar-refractivity contribution in [2.24, 2.45) is 0 Å². The van der Waals surface area contributed by atoms with Crippen LogP contribution < -0.4 is 0 Å². The van der Waals surface area contributed by atoms with Crippen LogP contribution in [0.1, 0.15) is 18.1 Å².